The number of benzene rings is 4. The largest absolute Gasteiger partial charge is 0.354 e. The van der Waals surface area contributed by atoms with E-state index in [1.807, 2.05) is 0 Å². The van der Waals surface area contributed by atoms with Crippen LogP contribution in [-0.4, -0.2) is 21.4 Å². The molecule has 2 aliphatic heterocycles. The van der Waals surface area contributed by atoms with E-state index in [0.29, 0.717) is 23.7 Å². The number of H-pyrrole nitrogens is 2. The molecule has 16 bridgehead atoms. The maximum atomic E-state index is 6.29. The molecule has 6 aromatic rings. The van der Waals surface area contributed by atoms with Crippen LogP contribution >= 0.6 is 0 Å². The van der Waals surface area contributed by atoms with Crippen LogP contribution in [0.25, 0.3) is 22.3 Å². The van der Waals surface area contributed by atoms with Gasteiger partial charge in [-0.05, 0) is 118 Å². The molecule has 0 saturated carbocycles. The first-order chi connectivity index (χ1) is 35.7. The van der Waals surface area contributed by atoms with Crippen molar-refractivity contribution in [2.45, 2.75) is 75.0 Å². The minimum absolute atomic E-state index is 0.282. The lowest BCUT2D eigenvalue weighted by Gasteiger charge is -2.35. The monoisotopic (exact) mass is 926 g/mol. The first-order valence-electron chi connectivity index (χ1n) is 27.1. The third-order valence-corrected chi connectivity index (χ3v) is 18.8. The number of nitrogens with one attached hydrogen (secondary N) is 2. The Morgan fingerprint density at radius 1 is 0.292 bits per heavy atom. The Bertz CT molecular complexity index is 3870. The van der Waals surface area contributed by atoms with Gasteiger partial charge in [0.05, 0.1) is 44.9 Å². The van der Waals surface area contributed by atoms with E-state index in [2.05, 4.69) is 180 Å². The summed E-state index contributed by atoms with van der Waals surface area (Å²) >= 11 is 0. The second kappa shape index (κ2) is 15.0. The van der Waals surface area contributed by atoms with Gasteiger partial charge in [-0.3, -0.25) is 0 Å². The Hall–Kier alpha value is -7.56. The predicted octanol–water partition coefficient (Wildman–Crippen LogP) is 13.7. The molecule has 4 heteroatoms. The maximum Gasteiger partial charge on any atom is 0.0779 e. The summed E-state index contributed by atoms with van der Waals surface area (Å²) in [5, 5.41) is 2.51. The van der Waals surface area contributed by atoms with E-state index >= 15 is 0 Å². The van der Waals surface area contributed by atoms with Gasteiger partial charge in [0.15, 0.2) is 0 Å². The fourth-order valence-corrected chi connectivity index (χ4v) is 15.8. The molecule has 8 atom stereocenters. The molecule has 0 amide bonds. The van der Waals surface area contributed by atoms with Crippen molar-refractivity contribution in [3.63, 3.8) is 0 Å². The fourth-order valence-electron chi connectivity index (χ4n) is 15.8. The molecule has 0 radical (unpaired) electrons. The van der Waals surface area contributed by atoms with Crippen LogP contribution in [-0.2, 0) is 0 Å². The Morgan fingerprint density at radius 2 is 0.611 bits per heavy atom. The Morgan fingerprint density at radius 3 is 1.06 bits per heavy atom. The van der Waals surface area contributed by atoms with Crippen molar-refractivity contribution in [2.24, 2.45) is 33.7 Å². The van der Waals surface area contributed by atoms with Gasteiger partial charge in [0.25, 0.3) is 0 Å². The number of hydrogen-bond acceptors (Lipinski definition) is 2. The Balaban J connectivity index is 1.14. The lowest BCUT2D eigenvalue weighted by molar-refractivity contribution is 0.501. The summed E-state index contributed by atoms with van der Waals surface area (Å²) in [6.07, 6.45) is 29.4. The quantitative estimate of drug-likeness (QED) is 0.166. The lowest BCUT2D eigenvalue weighted by Crippen LogP contribution is -2.29. The van der Waals surface area contributed by atoms with E-state index in [1.54, 1.807) is 0 Å². The number of aliphatic imine (C=N–C) groups is 2. The zero-order valence-electron chi connectivity index (χ0n) is 40.3. The minimum atomic E-state index is 0.282. The number of allylic oxidation sites excluding steroid dienone is 13. The summed E-state index contributed by atoms with van der Waals surface area (Å²) in [6.45, 7) is 0. The normalized spacial score (nSPS) is 28.3. The molecule has 0 unspecified atom stereocenters. The Labute approximate surface area is 420 Å². The molecule has 4 heterocycles. The van der Waals surface area contributed by atoms with Crippen LogP contribution in [0.5, 0.6) is 0 Å². The number of nitrogens with zero attached hydrogens (tertiary/aromatic N) is 2. The highest BCUT2D eigenvalue weighted by atomic mass is 14.9. The molecule has 21 rings (SSSR count). The van der Waals surface area contributed by atoms with E-state index in [9.17, 15) is 0 Å². The van der Waals surface area contributed by atoms with Gasteiger partial charge in [0.1, 0.15) is 0 Å². The van der Waals surface area contributed by atoms with Crippen molar-refractivity contribution in [1.29, 1.82) is 0 Å². The van der Waals surface area contributed by atoms with Gasteiger partial charge in [-0.1, -0.05) is 170 Å². The second-order valence-corrected chi connectivity index (χ2v) is 22.3. The summed E-state index contributed by atoms with van der Waals surface area (Å²) < 4.78 is 0. The molecule has 0 spiro atoms. The molecular weight excluding hydrogens is 873 g/mol. The first kappa shape index (κ1) is 40.1. The number of rotatable bonds is 4. The summed E-state index contributed by atoms with van der Waals surface area (Å²) in [5.41, 5.74) is 28.5. The Kier molecular flexibility index (Phi) is 8.35. The number of hydrogen-bond donors (Lipinski definition) is 2. The molecule has 13 aliphatic carbocycles. The van der Waals surface area contributed by atoms with E-state index in [-0.39, 0.29) is 23.7 Å². The molecular formula is C68H54N4. The van der Waals surface area contributed by atoms with Crippen LogP contribution in [0.3, 0.4) is 0 Å². The van der Waals surface area contributed by atoms with Crippen LogP contribution in [0.15, 0.2) is 214 Å². The molecule has 0 saturated heterocycles. The van der Waals surface area contributed by atoms with Gasteiger partial charge < -0.3 is 9.97 Å². The van der Waals surface area contributed by atoms with Crippen LogP contribution in [0.2, 0.25) is 0 Å². The van der Waals surface area contributed by atoms with Gasteiger partial charge in [-0.2, -0.15) is 0 Å². The third-order valence-electron chi connectivity index (χ3n) is 18.8. The molecule has 4 aromatic carbocycles. The van der Waals surface area contributed by atoms with E-state index in [4.69, 9.17) is 9.98 Å². The van der Waals surface area contributed by atoms with Gasteiger partial charge in [0, 0.05) is 69.6 Å². The van der Waals surface area contributed by atoms with Crippen LogP contribution in [0.1, 0.15) is 131 Å². The second-order valence-electron chi connectivity index (χ2n) is 22.3. The molecule has 2 N–H and O–H groups in total. The molecule has 4 nitrogen and oxygen atoms in total. The van der Waals surface area contributed by atoms with Crippen LogP contribution < -0.4 is 10.7 Å². The lowest BCUT2D eigenvalue weighted by atomic mass is 9.67. The highest BCUT2D eigenvalue weighted by Crippen LogP contribution is 2.58. The van der Waals surface area contributed by atoms with Crippen molar-refractivity contribution in [3.8, 4) is 0 Å². The van der Waals surface area contributed by atoms with Crippen molar-refractivity contribution in [1.82, 2.24) is 9.97 Å². The highest BCUT2D eigenvalue weighted by Gasteiger charge is 2.48. The minimum Gasteiger partial charge on any atom is -0.354 e. The highest BCUT2D eigenvalue weighted by molar-refractivity contribution is 6.39. The van der Waals surface area contributed by atoms with Gasteiger partial charge in [0.2, 0.25) is 0 Å². The number of fused-ring (bicyclic) bond motifs is 4. The standard InChI is InChI=1S/C68H54N4/c1-5-13-37(14-6-1)57-61-49-41-21-25-43(26-22-41)51(49)63(69-61)58(38-15-7-2-8-16-38)65-53-45-29-33-47(34-30-45)55(53)67(71-65)60(40-19-11-4-12-20-40)68-56-48-35-31-46(32-36-48)54(56)66(72-68)59(39-17-9-3-10-18-39)64-52-44-27-23-42(24-28-44)50(52)62(57)70-64/h1-21,23,25,27,29,31,33,35,41-48,69-70H,22,24,26,28,30,32,34,36H2/t41-,42+,43+,44-,45-,46-,47+,48+/m0/s1. The van der Waals surface area contributed by atoms with Gasteiger partial charge in [-0.25, -0.2) is 9.98 Å². The van der Waals surface area contributed by atoms with E-state index in [1.165, 1.54) is 111 Å². The van der Waals surface area contributed by atoms with Crippen molar-refractivity contribution in [2.75, 3.05) is 0 Å². The zero-order chi connectivity index (χ0) is 46.8. The SMILES string of the molecule is C1=C[C@H]2CC[C@@H]1C1=C2C2=NC1=C(c1ccccc1)C1=NC(=C(c3ccccc3)c3[nH]c(c4c3[C@H]3C=C[C@@H]4CC3)C(c3ccccc3)=c3[nH]c(c4c3[C@H]3C=C[C@@H]4CC3)=C2c2ccccc2)C2=C1[C@@H]1C=C[C@H]2CC1. The average Bonchev–Trinajstić information content (AvgIpc) is 4.27. The van der Waals surface area contributed by atoms with Crippen LogP contribution in [0, 0.1) is 23.7 Å². The zero-order valence-corrected chi connectivity index (χ0v) is 40.3. The van der Waals surface area contributed by atoms with Crippen molar-refractivity contribution < 1.29 is 0 Å². The van der Waals surface area contributed by atoms with Crippen molar-refractivity contribution >= 4 is 33.7 Å². The molecule has 72 heavy (non-hydrogen) atoms. The average molecular weight is 927 g/mol. The topological polar surface area (TPSA) is 56.3 Å². The third kappa shape index (κ3) is 5.43. The summed E-state index contributed by atoms with van der Waals surface area (Å²) in [4.78, 5) is 21.5. The van der Waals surface area contributed by atoms with E-state index < -0.39 is 0 Å². The van der Waals surface area contributed by atoms with E-state index in [0.717, 1.165) is 74.2 Å². The predicted molar refractivity (Wildman–Crippen MR) is 291 cm³/mol. The summed E-state index contributed by atoms with van der Waals surface area (Å²) in [6, 6.07) is 45.3. The van der Waals surface area contributed by atoms with Crippen molar-refractivity contribution in [3.05, 3.63) is 270 Å². The summed E-state index contributed by atoms with van der Waals surface area (Å²) in [7, 11) is 0. The maximum absolute atomic E-state index is 6.29. The smallest absolute Gasteiger partial charge is 0.0779 e. The molecule has 0 fully saturated rings. The molecule has 346 valence electrons. The fraction of sp³-hybridized carbons (Fsp3) is 0.235. The van der Waals surface area contributed by atoms with Gasteiger partial charge in [-0.15, -0.1) is 0 Å². The molecule has 2 aromatic heterocycles. The van der Waals surface area contributed by atoms with Gasteiger partial charge >= 0.3 is 0 Å². The first-order valence-corrected chi connectivity index (χ1v) is 27.1. The summed E-state index contributed by atoms with van der Waals surface area (Å²) in [5.74, 6) is 2.37. The number of aromatic amines is 2. The number of aromatic nitrogens is 2. The molecule has 15 aliphatic rings. The van der Waals surface area contributed by atoms with Crippen LogP contribution in [0.4, 0.5) is 0 Å².